The molecule has 0 aliphatic heterocycles. The highest BCUT2D eigenvalue weighted by Gasteiger charge is 2.14. The number of hydrazone groups is 1. The minimum atomic E-state index is -0.549. The van der Waals surface area contributed by atoms with Crippen LogP contribution in [0.15, 0.2) is 35.6 Å². The maximum absolute atomic E-state index is 11.0. The van der Waals surface area contributed by atoms with Gasteiger partial charge in [-0.2, -0.15) is 5.10 Å². The first-order valence-corrected chi connectivity index (χ1v) is 7.85. The lowest BCUT2D eigenvalue weighted by atomic mass is 10.2. The topological polar surface area (TPSA) is 98.9 Å². The smallest absolute Gasteiger partial charge is 0.313 e. The van der Waals surface area contributed by atoms with E-state index in [1.807, 2.05) is 6.92 Å². The van der Waals surface area contributed by atoms with Crippen molar-refractivity contribution in [2.24, 2.45) is 5.10 Å². The van der Waals surface area contributed by atoms with Crippen molar-refractivity contribution in [2.45, 2.75) is 6.92 Å². The Bertz CT molecular complexity index is 864. The van der Waals surface area contributed by atoms with E-state index >= 15 is 0 Å². The molecule has 0 atom stereocenters. The Labute approximate surface area is 154 Å². The predicted molar refractivity (Wildman–Crippen MR) is 99.1 cm³/mol. The standard InChI is InChI=1S/C17H15ClN4O4/c1-3-8-26-16-13(18)9-12(10-15(16)25-4-2)11-20-21-17-14(22(23)24)6-5-7-19-17/h1,5-7,9-11H,4,8H2,2H3,(H,19,21)/b20-11-. The number of rotatable bonds is 8. The van der Waals surface area contributed by atoms with E-state index in [2.05, 4.69) is 21.4 Å². The molecule has 0 fully saturated rings. The van der Waals surface area contributed by atoms with E-state index in [9.17, 15) is 10.1 Å². The van der Waals surface area contributed by atoms with Crippen molar-refractivity contribution in [2.75, 3.05) is 18.6 Å². The summed E-state index contributed by atoms with van der Waals surface area (Å²) in [5, 5.41) is 15.2. The molecule has 134 valence electrons. The van der Waals surface area contributed by atoms with Crippen molar-refractivity contribution >= 4 is 29.3 Å². The highest BCUT2D eigenvalue weighted by atomic mass is 35.5. The fraction of sp³-hybridized carbons (Fsp3) is 0.176. The number of terminal acetylenes is 1. The molecule has 0 spiro atoms. The van der Waals surface area contributed by atoms with Crippen LogP contribution in [0.4, 0.5) is 11.5 Å². The van der Waals surface area contributed by atoms with Crippen LogP contribution in [0.1, 0.15) is 12.5 Å². The molecule has 1 N–H and O–H groups in total. The van der Waals surface area contributed by atoms with Crippen LogP contribution < -0.4 is 14.9 Å². The lowest BCUT2D eigenvalue weighted by Crippen LogP contribution is -2.02. The molecule has 0 saturated carbocycles. The van der Waals surface area contributed by atoms with E-state index < -0.39 is 4.92 Å². The lowest BCUT2D eigenvalue weighted by molar-refractivity contribution is -0.384. The third kappa shape index (κ3) is 4.84. The van der Waals surface area contributed by atoms with Crippen LogP contribution in [-0.4, -0.2) is 29.3 Å². The van der Waals surface area contributed by atoms with Crippen LogP contribution >= 0.6 is 11.6 Å². The number of halogens is 1. The summed E-state index contributed by atoms with van der Waals surface area (Å²) in [6, 6.07) is 6.07. The first kappa shape index (κ1) is 19.0. The van der Waals surface area contributed by atoms with Crippen LogP contribution in [-0.2, 0) is 0 Å². The molecular weight excluding hydrogens is 360 g/mol. The van der Waals surface area contributed by atoms with Crippen molar-refractivity contribution in [3.63, 3.8) is 0 Å². The molecule has 0 radical (unpaired) electrons. The number of aromatic nitrogens is 1. The Morgan fingerprint density at radius 2 is 2.31 bits per heavy atom. The molecule has 2 aromatic rings. The highest BCUT2D eigenvalue weighted by Crippen LogP contribution is 2.36. The maximum atomic E-state index is 11.0. The zero-order chi connectivity index (χ0) is 18.9. The molecule has 0 aliphatic carbocycles. The van der Waals surface area contributed by atoms with Crippen LogP contribution in [0.3, 0.4) is 0 Å². The van der Waals surface area contributed by atoms with E-state index in [1.165, 1.54) is 24.5 Å². The minimum Gasteiger partial charge on any atom is -0.490 e. The van der Waals surface area contributed by atoms with E-state index in [-0.39, 0.29) is 18.1 Å². The number of anilines is 1. The third-order valence-corrected chi connectivity index (χ3v) is 3.28. The van der Waals surface area contributed by atoms with Crippen molar-refractivity contribution in [3.8, 4) is 23.8 Å². The predicted octanol–water partition coefficient (Wildman–Crippen LogP) is 3.50. The molecule has 9 heteroatoms. The van der Waals surface area contributed by atoms with Gasteiger partial charge in [-0.05, 0) is 30.7 Å². The largest absolute Gasteiger partial charge is 0.490 e. The van der Waals surface area contributed by atoms with Crippen molar-refractivity contribution in [1.29, 1.82) is 0 Å². The van der Waals surface area contributed by atoms with Gasteiger partial charge in [-0.1, -0.05) is 17.5 Å². The van der Waals surface area contributed by atoms with Crippen molar-refractivity contribution in [1.82, 2.24) is 4.98 Å². The van der Waals surface area contributed by atoms with Gasteiger partial charge in [0.2, 0.25) is 5.82 Å². The number of nitrogens with one attached hydrogen (secondary N) is 1. The summed E-state index contributed by atoms with van der Waals surface area (Å²) in [6.45, 7) is 2.28. The molecule has 1 heterocycles. The van der Waals surface area contributed by atoms with E-state index in [0.29, 0.717) is 28.7 Å². The second kappa shape index (κ2) is 9.25. The monoisotopic (exact) mass is 374 g/mol. The number of nitrogens with zero attached hydrogens (tertiary/aromatic N) is 3. The van der Waals surface area contributed by atoms with Gasteiger partial charge in [0.15, 0.2) is 11.5 Å². The summed E-state index contributed by atoms with van der Waals surface area (Å²) >= 11 is 6.21. The quantitative estimate of drug-likeness (QED) is 0.328. The summed E-state index contributed by atoms with van der Waals surface area (Å²) in [4.78, 5) is 14.3. The molecule has 0 saturated heterocycles. The van der Waals surface area contributed by atoms with E-state index in [0.717, 1.165) is 0 Å². The number of nitro groups is 1. The summed E-state index contributed by atoms with van der Waals surface area (Å²) < 4.78 is 10.9. The summed E-state index contributed by atoms with van der Waals surface area (Å²) in [5.74, 6) is 3.15. The van der Waals surface area contributed by atoms with Gasteiger partial charge < -0.3 is 9.47 Å². The molecule has 0 amide bonds. The maximum Gasteiger partial charge on any atom is 0.313 e. The minimum absolute atomic E-state index is 0.0267. The average molecular weight is 375 g/mol. The number of pyridine rings is 1. The fourth-order valence-corrected chi connectivity index (χ4v) is 2.25. The molecule has 0 aliphatic rings. The molecule has 2 rings (SSSR count). The summed E-state index contributed by atoms with van der Waals surface area (Å²) in [7, 11) is 0. The van der Waals surface area contributed by atoms with Gasteiger partial charge in [-0.25, -0.2) is 4.98 Å². The molecule has 1 aromatic heterocycles. The molecule has 8 nitrogen and oxygen atoms in total. The van der Waals surface area contributed by atoms with Gasteiger partial charge in [-0.3, -0.25) is 15.5 Å². The number of hydrogen-bond acceptors (Lipinski definition) is 7. The van der Waals surface area contributed by atoms with Gasteiger partial charge in [0, 0.05) is 12.3 Å². The second-order valence-electron chi connectivity index (χ2n) is 4.75. The normalized spacial score (nSPS) is 10.3. The molecule has 0 unspecified atom stereocenters. The Kier molecular flexibility index (Phi) is 6.76. The Morgan fingerprint density at radius 1 is 1.50 bits per heavy atom. The Morgan fingerprint density at radius 3 is 3.00 bits per heavy atom. The number of hydrogen-bond donors (Lipinski definition) is 1. The van der Waals surface area contributed by atoms with E-state index in [1.54, 1.807) is 12.1 Å². The van der Waals surface area contributed by atoms with Gasteiger partial charge in [0.25, 0.3) is 0 Å². The van der Waals surface area contributed by atoms with Crippen LogP contribution in [0.2, 0.25) is 5.02 Å². The Balaban J connectivity index is 2.23. The van der Waals surface area contributed by atoms with E-state index in [4.69, 9.17) is 27.5 Å². The van der Waals surface area contributed by atoms with Crippen LogP contribution in [0.25, 0.3) is 0 Å². The van der Waals surface area contributed by atoms with Crippen LogP contribution in [0, 0.1) is 22.5 Å². The number of ether oxygens (including phenoxy) is 2. The van der Waals surface area contributed by atoms with Crippen molar-refractivity contribution < 1.29 is 14.4 Å². The zero-order valence-electron chi connectivity index (χ0n) is 13.8. The molecule has 26 heavy (non-hydrogen) atoms. The SMILES string of the molecule is C#CCOc1c(Cl)cc(/C=N\Nc2ncccc2[N+](=O)[O-])cc1OCC. The zero-order valence-corrected chi connectivity index (χ0v) is 14.6. The summed E-state index contributed by atoms with van der Waals surface area (Å²) in [5.41, 5.74) is 2.95. The molecule has 1 aromatic carbocycles. The number of benzene rings is 1. The first-order valence-electron chi connectivity index (χ1n) is 7.48. The van der Waals surface area contributed by atoms with Crippen molar-refractivity contribution in [3.05, 3.63) is 51.2 Å². The molecule has 0 bridgehead atoms. The first-order chi connectivity index (χ1) is 12.6. The van der Waals surface area contributed by atoms with Gasteiger partial charge in [0.05, 0.1) is 22.8 Å². The van der Waals surface area contributed by atoms with Crippen LogP contribution in [0.5, 0.6) is 11.5 Å². The average Bonchev–Trinajstić information content (AvgIpc) is 2.61. The lowest BCUT2D eigenvalue weighted by Gasteiger charge is -2.12. The van der Waals surface area contributed by atoms with Gasteiger partial charge >= 0.3 is 5.69 Å². The van der Waals surface area contributed by atoms with Gasteiger partial charge in [-0.15, -0.1) is 6.42 Å². The highest BCUT2D eigenvalue weighted by molar-refractivity contribution is 6.32. The second-order valence-corrected chi connectivity index (χ2v) is 5.16. The fourth-order valence-electron chi connectivity index (χ4n) is 1.98. The molecular formula is C17H15ClN4O4. The Hall–Kier alpha value is -3.31. The third-order valence-electron chi connectivity index (χ3n) is 3.00. The van der Waals surface area contributed by atoms with Gasteiger partial charge in [0.1, 0.15) is 6.61 Å². The summed E-state index contributed by atoms with van der Waals surface area (Å²) in [6.07, 6.45) is 8.04.